The minimum atomic E-state index is -0.359. The molecule has 0 aliphatic carbocycles. The Hall–Kier alpha value is -3.13. The van der Waals surface area contributed by atoms with Crippen molar-refractivity contribution in [2.24, 2.45) is 0 Å². The standard InChI is InChI=1S/C23H24F2N4O2/c1-15-14-18(6-9-20(15)25)21-26-22(31-27-21)16(2)28-10-3-11-29(13-12-28)23(30)17-4-7-19(24)8-5-17/h4-9,14,16H,3,10-13H2,1-2H3. The van der Waals surface area contributed by atoms with Crippen molar-refractivity contribution in [3.05, 3.63) is 71.1 Å². The van der Waals surface area contributed by atoms with Crippen LogP contribution in [0.25, 0.3) is 11.4 Å². The maximum atomic E-state index is 13.5. The third kappa shape index (κ3) is 4.64. The van der Waals surface area contributed by atoms with Gasteiger partial charge in [-0.05, 0) is 68.3 Å². The third-order valence-electron chi connectivity index (χ3n) is 5.67. The van der Waals surface area contributed by atoms with Crippen LogP contribution in [0.15, 0.2) is 47.0 Å². The summed E-state index contributed by atoms with van der Waals surface area (Å²) in [5.41, 5.74) is 1.71. The molecule has 2 heterocycles. The molecule has 6 nitrogen and oxygen atoms in total. The lowest BCUT2D eigenvalue weighted by Gasteiger charge is -2.25. The van der Waals surface area contributed by atoms with E-state index >= 15 is 0 Å². The highest BCUT2D eigenvalue weighted by Gasteiger charge is 2.26. The van der Waals surface area contributed by atoms with Gasteiger partial charge in [0.25, 0.3) is 5.91 Å². The van der Waals surface area contributed by atoms with Crippen LogP contribution in [-0.4, -0.2) is 52.0 Å². The number of benzene rings is 2. The lowest BCUT2D eigenvalue weighted by Crippen LogP contribution is -2.36. The molecule has 0 saturated carbocycles. The summed E-state index contributed by atoms with van der Waals surface area (Å²) in [6.45, 7) is 6.30. The van der Waals surface area contributed by atoms with E-state index in [2.05, 4.69) is 15.0 Å². The van der Waals surface area contributed by atoms with Crippen LogP contribution in [0.1, 0.15) is 41.2 Å². The Kier molecular flexibility index (Phi) is 6.08. The summed E-state index contributed by atoms with van der Waals surface area (Å²) < 4.78 is 32.2. The van der Waals surface area contributed by atoms with E-state index < -0.39 is 0 Å². The topological polar surface area (TPSA) is 62.5 Å². The van der Waals surface area contributed by atoms with Gasteiger partial charge in [-0.2, -0.15) is 4.98 Å². The number of amides is 1. The molecule has 1 fully saturated rings. The molecule has 1 aromatic heterocycles. The molecule has 0 radical (unpaired) electrons. The number of carbonyl (C=O) groups is 1. The van der Waals surface area contributed by atoms with E-state index in [1.165, 1.54) is 30.3 Å². The first kappa shape index (κ1) is 21.1. The van der Waals surface area contributed by atoms with Crippen molar-refractivity contribution >= 4 is 5.91 Å². The quantitative estimate of drug-likeness (QED) is 0.625. The zero-order valence-electron chi connectivity index (χ0n) is 17.5. The van der Waals surface area contributed by atoms with Crippen LogP contribution in [0, 0.1) is 18.6 Å². The number of hydrogen-bond acceptors (Lipinski definition) is 5. The molecule has 0 spiro atoms. The van der Waals surface area contributed by atoms with Crippen LogP contribution in [-0.2, 0) is 0 Å². The number of nitrogens with zero attached hydrogens (tertiary/aromatic N) is 4. The Morgan fingerprint density at radius 1 is 1.06 bits per heavy atom. The fourth-order valence-electron chi connectivity index (χ4n) is 3.76. The summed E-state index contributed by atoms with van der Waals surface area (Å²) in [5.74, 6) is 0.178. The van der Waals surface area contributed by atoms with Crippen LogP contribution in [0.2, 0.25) is 0 Å². The van der Waals surface area contributed by atoms with Crippen LogP contribution in [0.5, 0.6) is 0 Å². The normalized spacial score (nSPS) is 16.2. The molecule has 0 bridgehead atoms. The van der Waals surface area contributed by atoms with Gasteiger partial charge in [0.2, 0.25) is 11.7 Å². The summed E-state index contributed by atoms with van der Waals surface area (Å²) in [4.78, 5) is 21.2. The van der Waals surface area contributed by atoms with Crippen molar-refractivity contribution in [1.29, 1.82) is 0 Å². The summed E-state index contributed by atoms with van der Waals surface area (Å²) in [6, 6.07) is 10.2. The van der Waals surface area contributed by atoms with Crippen molar-refractivity contribution in [2.75, 3.05) is 26.2 Å². The van der Waals surface area contributed by atoms with Gasteiger partial charge >= 0.3 is 0 Å². The van der Waals surface area contributed by atoms with Gasteiger partial charge in [-0.3, -0.25) is 9.69 Å². The van der Waals surface area contributed by atoms with E-state index in [0.29, 0.717) is 48.0 Å². The van der Waals surface area contributed by atoms with Gasteiger partial charge in [0, 0.05) is 37.3 Å². The Balaban J connectivity index is 1.42. The van der Waals surface area contributed by atoms with E-state index in [0.717, 1.165) is 13.0 Å². The van der Waals surface area contributed by atoms with Crippen molar-refractivity contribution in [3.8, 4) is 11.4 Å². The molecule has 1 atom stereocenters. The van der Waals surface area contributed by atoms with Crippen LogP contribution in [0.4, 0.5) is 8.78 Å². The van der Waals surface area contributed by atoms with Gasteiger partial charge in [0.1, 0.15) is 11.6 Å². The molecule has 1 saturated heterocycles. The molecule has 1 unspecified atom stereocenters. The first-order valence-electron chi connectivity index (χ1n) is 10.3. The van der Waals surface area contributed by atoms with E-state index in [1.54, 1.807) is 24.0 Å². The summed E-state index contributed by atoms with van der Waals surface area (Å²) in [7, 11) is 0. The molecule has 31 heavy (non-hydrogen) atoms. The maximum Gasteiger partial charge on any atom is 0.253 e. The molecule has 2 aromatic carbocycles. The maximum absolute atomic E-state index is 13.5. The Labute approximate surface area is 179 Å². The molecule has 8 heteroatoms. The second-order valence-electron chi connectivity index (χ2n) is 7.78. The van der Waals surface area contributed by atoms with Gasteiger partial charge in [0.05, 0.1) is 6.04 Å². The molecular weight excluding hydrogens is 402 g/mol. The van der Waals surface area contributed by atoms with Gasteiger partial charge in [-0.25, -0.2) is 8.78 Å². The average Bonchev–Trinajstić information content (AvgIpc) is 3.13. The predicted molar refractivity (Wildman–Crippen MR) is 111 cm³/mol. The molecular formula is C23H24F2N4O2. The number of rotatable bonds is 4. The number of aryl methyl sites for hydroxylation is 1. The summed E-state index contributed by atoms with van der Waals surface area (Å²) in [5, 5.41) is 4.06. The molecule has 0 N–H and O–H groups in total. The molecule has 3 aromatic rings. The fraction of sp³-hybridized carbons (Fsp3) is 0.348. The van der Waals surface area contributed by atoms with Crippen molar-refractivity contribution < 1.29 is 18.1 Å². The highest BCUT2D eigenvalue weighted by molar-refractivity contribution is 5.94. The van der Waals surface area contributed by atoms with Gasteiger partial charge in [-0.1, -0.05) is 5.16 Å². The van der Waals surface area contributed by atoms with Crippen molar-refractivity contribution in [3.63, 3.8) is 0 Å². The zero-order valence-corrected chi connectivity index (χ0v) is 17.5. The third-order valence-corrected chi connectivity index (χ3v) is 5.67. The predicted octanol–water partition coefficient (Wildman–Crippen LogP) is 4.23. The molecule has 162 valence electrons. The van der Waals surface area contributed by atoms with E-state index in [9.17, 15) is 13.6 Å². The molecule has 1 aliphatic heterocycles. The minimum Gasteiger partial charge on any atom is -0.337 e. The number of halogens is 2. The number of hydrogen-bond donors (Lipinski definition) is 0. The van der Waals surface area contributed by atoms with E-state index in [-0.39, 0.29) is 23.6 Å². The van der Waals surface area contributed by atoms with Gasteiger partial charge < -0.3 is 9.42 Å². The lowest BCUT2D eigenvalue weighted by molar-refractivity contribution is 0.0757. The van der Waals surface area contributed by atoms with Crippen LogP contribution < -0.4 is 0 Å². The molecule has 1 aliphatic rings. The smallest absolute Gasteiger partial charge is 0.253 e. The van der Waals surface area contributed by atoms with Crippen molar-refractivity contribution in [2.45, 2.75) is 26.3 Å². The van der Waals surface area contributed by atoms with Gasteiger partial charge in [-0.15, -0.1) is 0 Å². The Morgan fingerprint density at radius 3 is 2.58 bits per heavy atom. The molecule has 4 rings (SSSR count). The average molecular weight is 426 g/mol. The summed E-state index contributed by atoms with van der Waals surface area (Å²) in [6.07, 6.45) is 0.801. The first-order valence-corrected chi connectivity index (χ1v) is 10.3. The van der Waals surface area contributed by atoms with Crippen LogP contribution in [0.3, 0.4) is 0 Å². The second-order valence-corrected chi connectivity index (χ2v) is 7.78. The molecule has 1 amide bonds. The lowest BCUT2D eigenvalue weighted by atomic mass is 10.1. The van der Waals surface area contributed by atoms with E-state index in [1.807, 2.05) is 6.92 Å². The Bertz CT molecular complexity index is 1070. The van der Waals surface area contributed by atoms with E-state index in [4.69, 9.17) is 4.52 Å². The second kappa shape index (κ2) is 8.93. The zero-order chi connectivity index (χ0) is 22.0. The SMILES string of the molecule is Cc1cc(-c2noc(C(C)N3CCCN(C(=O)c4ccc(F)cc4)CC3)n2)ccc1F. The summed E-state index contributed by atoms with van der Waals surface area (Å²) >= 11 is 0. The van der Waals surface area contributed by atoms with Gasteiger partial charge in [0.15, 0.2) is 0 Å². The first-order chi connectivity index (χ1) is 14.9. The largest absolute Gasteiger partial charge is 0.337 e. The highest BCUT2D eigenvalue weighted by atomic mass is 19.1. The fourth-order valence-corrected chi connectivity index (χ4v) is 3.76. The monoisotopic (exact) mass is 426 g/mol. The number of carbonyl (C=O) groups excluding carboxylic acids is 1. The minimum absolute atomic E-state index is 0.0961. The van der Waals surface area contributed by atoms with Crippen LogP contribution >= 0.6 is 0 Å². The number of aromatic nitrogens is 2. The highest BCUT2D eigenvalue weighted by Crippen LogP contribution is 2.25. The Morgan fingerprint density at radius 2 is 1.84 bits per heavy atom. The van der Waals surface area contributed by atoms with Crippen molar-refractivity contribution in [1.82, 2.24) is 19.9 Å².